The van der Waals surface area contributed by atoms with Crippen molar-refractivity contribution in [2.24, 2.45) is 0 Å². The molecule has 0 saturated carbocycles. The molecule has 0 aliphatic carbocycles. The third-order valence-corrected chi connectivity index (χ3v) is 12.8. The number of rotatable bonds is 11. The summed E-state index contributed by atoms with van der Waals surface area (Å²) in [5.41, 5.74) is 5.59. The summed E-state index contributed by atoms with van der Waals surface area (Å²) in [6, 6.07) is 34.8. The molecule has 0 radical (unpaired) electrons. The van der Waals surface area contributed by atoms with Crippen LogP contribution in [0.1, 0.15) is 41.5 Å². The van der Waals surface area contributed by atoms with E-state index in [9.17, 15) is 9.59 Å². The van der Waals surface area contributed by atoms with Gasteiger partial charge in [0.15, 0.2) is 10.3 Å². The van der Waals surface area contributed by atoms with Crippen LogP contribution in [-0.2, 0) is 24.6 Å². The summed E-state index contributed by atoms with van der Waals surface area (Å²) in [5, 5.41) is 5.25. The third kappa shape index (κ3) is 10.2. The summed E-state index contributed by atoms with van der Waals surface area (Å²) < 4.78 is 0. The van der Waals surface area contributed by atoms with Gasteiger partial charge in [0.05, 0.1) is 34.5 Å². The number of carbonyl (C=O) groups is 2. The van der Waals surface area contributed by atoms with Gasteiger partial charge in [-0.15, -0.1) is 0 Å². The first kappa shape index (κ1) is 41.5. The molecule has 0 atom stereocenters. The summed E-state index contributed by atoms with van der Waals surface area (Å²) in [5.74, 6) is 2.84. The number of nitrogens with one attached hydrogen (secondary N) is 1. The molecule has 0 unspecified atom stereocenters. The van der Waals surface area contributed by atoms with Gasteiger partial charge in [0.1, 0.15) is 11.6 Å². The minimum absolute atomic E-state index is 0.0877. The molecule has 3 aliphatic rings. The van der Waals surface area contributed by atoms with Gasteiger partial charge in [0.2, 0.25) is 0 Å². The zero-order chi connectivity index (χ0) is 41.3. The SMILES string of the molecule is O=C1N(c2ccccc2Cl)Cc2cnc(SCc3ccccc3)nc2N1CCN1CCCCC1.O=C1Nc2nc(SCc3ccccc3)ncc2CN1c1ccccc1Cl. The first-order chi connectivity index (χ1) is 29.4. The number of likely N-dealkylation sites (tertiary alicyclic amines) is 1. The zero-order valence-corrected chi connectivity index (χ0v) is 35.9. The number of hydrogen-bond acceptors (Lipinski definition) is 9. The number of amides is 4. The molecule has 15 heteroatoms. The monoisotopic (exact) mass is 875 g/mol. The number of urea groups is 2. The zero-order valence-electron chi connectivity index (χ0n) is 32.8. The lowest BCUT2D eigenvalue weighted by atomic mass is 10.1. The Balaban J connectivity index is 0.000000172. The Kier molecular flexibility index (Phi) is 13.8. The number of fused-ring (bicyclic) bond motifs is 2. The number of piperidine rings is 1. The maximum absolute atomic E-state index is 13.7. The van der Waals surface area contributed by atoms with Gasteiger partial charge in [0, 0.05) is 48.1 Å². The highest BCUT2D eigenvalue weighted by atomic mass is 35.5. The number of benzene rings is 4. The first-order valence-electron chi connectivity index (χ1n) is 19.8. The van der Waals surface area contributed by atoms with Crippen LogP contribution in [-0.4, -0.2) is 63.1 Å². The Morgan fingerprint density at radius 1 is 0.600 bits per heavy atom. The van der Waals surface area contributed by atoms with Gasteiger partial charge in [-0.25, -0.2) is 29.5 Å². The maximum atomic E-state index is 13.7. The van der Waals surface area contributed by atoms with Crippen molar-refractivity contribution in [3.63, 3.8) is 0 Å². The molecule has 5 heterocycles. The minimum Gasteiger partial charge on any atom is -0.302 e. The third-order valence-electron chi connectivity index (χ3n) is 10.3. The predicted molar refractivity (Wildman–Crippen MR) is 243 cm³/mol. The molecule has 1 N–H and O–H groups in total. The number of nitrogens with zero attached hydrogens (tertiary/aromatic N) is 8. The van der Waals surface area contributed by atoms with Gasteiger partial charge in [0.25, 0.3) is 0 Å². The van der Waals surface area contributed by atoms with Gasteiger partial charge in [-0.05, 0) is 61.3 Å². The van der Waals surface area contributed by atoms with Crippen LogP contribution in [0.15, 0.2) is 132 Å². The first-order valence-corrected chi connectivity index (χ1v) is 22.6. The van der Waals surface area contributed by atoms with E-state index in [-0.39, 0.29) is 12.1 Å². The molecular weight excluding hydrogens is 834 g/mol. The molecule has 306 valence electrons. The predicted octanol–water partition coefficient (Wildman–Crippen LogP) is 10.8. The van der Waals surface area contributed by atoms with E-state index >= 15 is 0 Å². The standard InChI is InChI=1S/C26H28ClN5OS.C19H15ClN4OS/c27-22-11-5-6-12-23(22)32-18-21-17-28-25(34-19-20-9-3-1-4-10-20)29-24(21)31(26(32)33)16-15-30-13-7-2-8-14-30;20-15-8-4-5-9-16(15)24-11-14-10-21-18(22-17(14)23-19(24)25)26-12-13-6-2-1-3-7-13/h1,3-6,9-12,17H,2,7-8,13-16,18-19H2;1-10H,11-12H2,(H,21,22,23,25). The van der Waals surface area contributed by atoms with Gasteiger partial charge in [-0.2, -0.15) is 0 Å². The van der Waals surface area contributed by atoms with E-state index in [1.54, 1.807) is 33.8 Å². The summed E-state index contributed by atoms with van der Waals surface area (Å²) in [6.07, 6.45) is 7.35. The smallest absolute Gasteiger partial charge is 0.302 e. The van der Waals surface area contributed by atoms with Gasteiger partial charge >= 0.3 is 12.1 Å². The topological polar surface area (TPSA) is 111 Å². The molecule has 3 aliphatic heterocycles. The van der Waals surface area contributed by atoms with Crippen molar-refractivity contribution in [3.8, 4) is 0 Å². The number of para-hydroxylation sites is 2. The van der Waals surface area contributed by atoms with Crippen LogP contribution >= 0.6 is 46.7 Å². The van der Waals surface area contributed by atoms with Crippen LogP contribution < -0.4 is 20.0 Å². The number of aromatic nitrogens is 4. The second-order valence-corrected chi connectivity index (χ2v) is 17.1. The van der Waals surface area contributed by atoms with Gasteiger partial charge in [-0.1, -0.05) is 138 Å². The number of thioether (sulfide) groups is 2. The largest absolute Gasteiger partial charge is 0.330 e. The van der Waals surface area contributed by atoms with E-state index in [0.717, 1.165) is 48.1 Å². The fourth-order valence-corrected chi connectivity index (χ4v) is 9.17. The fraction of sp³-hybridized carbons (Fsp3) is 0.244. The maximum Gasteiger partial charge on any atom is 0.330 e. The average molecular weight is 877 g/mol. The van der Waals surface area contributed by atoms with Crippen molar-refractivity contribution < 1.29 is 9.59 Å². The Morgan fingerprint density at radius 2 is 1.13 bits per heavy atom. The van der Waals surface area contributed by atoms with Crippen molar-refractivity contribution in [2.45, 2.75) is 54.2 Å². The van der Waals surface area contributed by atoms with Crippen molar-refractivity contribution in [3.05, 3.63) is 154 Å². The van der Waals surface area contributed by atoms with Crippen molar-refractivity contribution in [1.82, 2.24) is 24.8 Å². The highest BCUT2D eigenvalue weighted by Gasteiger charge is 2.34. The van der Waals surface area contributed by atoms with E-state index in [2.05, 4.69) is 49.4 Å². The van der Waals surface area contributed by atoms with E-state index < -0.39 is 0 Å². The van der Waals surface area contributed by atoms with E-state index in [0.29, 0.717) is 57.2 Å². The molecule has 11 nitrogen and oxygen atoms in total. The second-order valence-electron chi connectivity index (χ2n) is 14.4. The van der Waals surface area contributed by atoms with Crippen molar-refractivity contribution >= 4 is 81.8 Å². The number of halogens is 2. The second kappa shape index (κ2) is 19.9. The highest BCUT2D eigenvalue weighted by molar-refractivity contribution is 7.98. The fourth-order valence-electron chi connectivity index (χ4n) is 7.16. The summed E-state index contributed by atoms with van der Waals surface area (Å²) in [6.45, 7) is 4.39. The molecule has 1 saturated heterocycles. The molecule has 2 aromatic heterocycles. The molecule has 4 amide bonds. The van der Waals surface area contributed by atoms with Crippen LogP contribution in [0.5, 0.6) is 0 Å². The lowest BCUT2D eigenvalue weighted by Gasteiger charge is -2.37. The minimum atomic E-state index is -0.247. The molecule has 9 rings (SSSR count). The summed E-state index contributed by atoms with van der Waals surface area (Å²) in [4.78, 5) is 52.2. The summed E-state index contributed by atoms with van der Waals surface area (Å²) >= 11 is 15.8. The summed E-state index contributed by atoms with van der Waals surface area (Å²) in [7, 11) is 0. The lowest BCUT2D eigenvalue weighted by molar-refractivity contribution is 0.227. The Morgan fingerprint density at radius 3 is 1.75 bits per heavy atom. The molecule has 60 heavy (non-hydrogen) atoms. The van der Waals surface area contributed by atoms with E-state index in [1.807, 2.05) is 90.0 Å². The highest BCUT2D eigenvalue weighted by Crippen LogP contribution is 2.36. The normalized spacial score (nSPS) is 15.1. The Bertz CT molecular complexity index is 2430. The van der Waals surface area contributed by atoms with Gasteiger partial charge < -0.3 is 4.90 Å². The molecular formula is C45H43Cl2N9O2S2. The molecule has 0 bridgehead atoms. The Labute approximate surface area is 368 Å². The quantitative estimate of drug-likeness (QED) is 0.100. The van der Waals surface area contributed by atoms with Gasteiger partial charge in [-0.3, -0.25) is 20.0 Å². The molecule has 4 aromatic carbocycles. The lowest BCUT2D eigenvalue weighted by Crippen LogP contribution is -2.50. The molecule has 0 spiro atoms. The van der Waals surface area contributed by atoms with E-state index in [1.165, 1.54) is 42.2 Å². The van der Waals surface area contributed by atoms with Crippen molar-refractivity contribution in [1.29, 1.82) is 0 Å². The Hall–Kier alpha value is -5.18. The van der Waals surface area contributed by atoms with E-state index in [4.69, 9.17) is 28.2 Å². The van der Waals surface area contributed by atoms with Crippen molar-refractivity contribution in [2.75, 3.05) is 46.2 Å². The van der Waals surface area contributed by atoms with Crippen LogP contribution in [0.4, 0.5) is 32.6 Å². The van der Waals surface area contributed by atoms with Crippen LogP contribution in [0.2, 0.25) is 10.0 Å². The number of carbonyl (C=O) groups excluding carboxylic acids is 2. The molecule has 6 aromatic rings. The number of anilines is 4. The van der Waals surface area contributed by atoms with Crippen LogP contribution in [0, 0.1) is 0 Å². The molecule has 1 fully saturated rings. The number of hydrogen-bond donors (Lipinski definition) is 1. The van der Waals surface area contributed by atoms with Crippen LogP contribution in [0.3, 0.4) is 0 Å². The average Bonchev–Trinajstić information content (AvgIpc) is 3.28. The van der Waals surface area contributed by atoms with Crippen LogP contribution in [0.25, 0.3) is 0 Å².